The van der Waals surface area contributed by atoms with Gasteiger partial charge in [0.05, 0.1) is 11.6 Å². The van der Waals surface area contributed by atoms with Crippen LogP contribution in [-0.2, 0) is 0 Å². The highest BCUT2D eigenvalue weighted by Gasteiger charge is 2.25. The molecule has 1 heterocycles. The minimum atomic E-state index is 0.196. The Bertz CT molecular complexity index is 2460. The van der Waals surface area contributed by atoms with Gasteiger partial charge >= 0.3 is 0 Å². The van der Waals surface area contributed by atoms with E-state index in [-0.39, 0.29) is 6.04 Å². The highest BCUT2D eigenvalue weighted by atomic mass is 15.1. The van der Waals surface area contributed by atoms with Gasteiger partial charge in [-0.25, -0.2) is 0 Å². The maximum atomic E-state index is 2.58. The number of fused-ring (bicyclic) bond motifs is 3. The summed E-state index contributed by atoms with van der Waals surface area (Å²) in [6, 6.07) is 57.1. The van der Waals surface area contributed by atoms with E-state index in [2.05, 4.69) is 204 Å². The zero-order valence-corrected chi connectivity index (χ0v) is 28.9. The molecule has 0 bridgehead atoms. The zero-order chi connectivity index (χ0) is 34.1. The third-order valence-electron chi connectivity index (χ3n) is 10.6. The van der Waals surface area contributed by atoms with Crippen molar-refractivity contribution in [2.75, 3.05) is 4.90 Å². The molecule has 9 rings (SSSR count). The van der Waals surface area contributed by atoms with Gasteiger partial charge in [0.2, 0.25) is 0 Å². The molecule has 0 spiro atoms. The Morgan fingerprint density at radius 3 is 1.78 bits per heavy atom. The molecule has 0 amide bonds. The van der Waals surface area contributed by atoms with Gasteiger partial charge in [0.15, 0.2) is 0 Å². The van der Waals surface area contributed by atoms with E-state index in [0.717, 1.165) is 29.9 Å². The van der Waals surface area contributed by atoms with Gasteiger partial charge in [-0.1, -0.05) is 153 Å². The first kappa shape index (κ1) is 30.9. The van der Waals surface area contributed by atoms with Crippen LogP contribution in [0.2, 0.25) is 0 Å². The van der Waals surface area contributed by atoms with Gasteiger partial charge in [0.25, 0.3) is 0 Å². The first-order valence-electron chi connectivity index (χ1n) is 18.1. The van der Waals surface area contributed by atoms with Crippen molar-refractivity contribution in [2.24, 2.45) is 5.92 Å². The highest BCUT2D eigenvalue weighted by Crippen LogP contribution is 2.43. The topological polar surface area (TPSA) is 8.17 Å². The molecular formula is C49H40N2. The summed E-state index contributed by atoms with van der Waals surface area (Å²) in [6.45, 7) is 2.37. The van der Waals surface area contributed by atoms with E-state index in [1.54, 1.807) is 0 Å². The van der Waals surface area contributed by atoms with Gasteiger partial charge < -0.3 is 9.47 Å². The van der Waals surface area contributed by atoms with Crippen LogP contribution in [0.3, 0.4) is 0 Å². The molecule has 2 aliphatic rings. The molecule has 2 aliphatic carbocycles. The molecule has 2 unspecified atom stereocenters. The normalized spacial score (nSPS) is 17.2. The Hall–Kier alpha value is -6.12. The van der Waals surface area contributed by atoms with Crippen molar-refractivity contribution in [1.29, 1.82) is 0 Å². The zero-order valence-electron chi connectivity index (χ0n) is 28.9. The monoisotopic (exact) mass is 656 g/mol. The predicted octanol–water partition coefficient (Wildman–Crippen LogP) is 13.4. The van der Waals surface area contributed by atoms with Crippen LogP contribution in [0.15, 0.2) is 199 Å². The molecule has 0 saturated carbocycles. The van der Waals surface area contributed by atoms with Crippen molar-refractivity contribution in [3.63, 3.8) is 0 Å². The van der Waals surface area contributed by atoms with Gasteiger partial charge in [0, 0.05) is 33.4 Å². The summed E-state index contributed by atoms with van der Waals surface area (Å²) in [5, 5.41) is 2.58. The van der Waals surface area contributed by atoms with Crippen molar-refractivity contribution in [2.45, 2.75) is 25.8 Å². The lowest BCUT2D eigenvalue weighted by molar-refractivity contribution is 0.507. The number of allylic oxidation sites excluding steroid dienone is 8. The van der Waals surface area contributed by atoms with Gasteiger partial charge in [-0.2, -0.15) is 0 Å². The van der Waals surface area contributed by atoms with Gasteiger partial charge in [0.1, 0.15) is 0 Å². The van der Waals surface area contributed by atoms with Crippen LogP contribution < -0.4 is 4.90 Å². The molecule has 0 radical (unpaired) electrons. The maximum Gasteiger partial charge on any atom is 0.0586 e. The first-order chi connectivity index (χ1) is 25.2. The number of hydrogen-bond acceptors (Lipinski definition) is 1. The maximum absolute atomic E-state index is 2.58. The number of nitrogens with zero attached hydrogens (tertiary/aromatic N) is 2. The second-order valence-electron chi connectivity index (χ2n) is 13.8. The van der Waals surface area contributed by atoms with Crippen LogP contribution in [0.25, 0.3) is 38.5 Å². The average Bonchev–Trinajstić information content (AvgIpc) is 3.53. The van der Waals surface area contributed by atoms with Crippen molar-refractivity contribution >= 4 is 44.4 Å². The fourth-order valence-electron chi connectivity index (χ4n) is 8.03. The fraction of sp³-hybridized carbons (Fsp3) is 0.102. The molecule has 2 atom stereocenters. The van der Waals surface area contributed by atoms with E-state index in [0.29, 0.717) is 5.92 Å². The molecule has 2 nitrogen and oxygen atoms in total. The summed E-state index contributed by atoms with van der Waals surface area (Å²) < 4.78 is 2.58. The molecule has 2 heteroatoms. The number of hydrogen-bond donors (Lipinski definition) is 0. The van der Waals surface area contributed by atoms with Crippen molar-refractivity contribution in [3.8, 4) is 11.1 Å². The third-order valence-corrected chi connectivity index (χ3v) is 10.6. The summed E-state index contributed by atoms with van der Waals surface area (Å²) >= 11 is 0. The summed E-state index contributed by atoms with van der Waals surface area (Å²) in [4.78, 5) is 2.38. The van der Waals surface area contributed by atoms with Gasteiger partial charge in [-0.15, -0.1) is 0 Å². The minimum absolute atomic E-state index is 0.196. The molecule has 0 fully saturated rings. The SMILES string of the molecule is CC1C=C(C2=CC=C(c3ccccc3)CC2)C=CC1n1c2ccccc2c2ccc(N(c3ccccc3)c3ccc(-c4ccccc4)cc3)cc21. The second kappa shape index (κ2) is 13.3. The lowest BCUT2D eigenvalue weighted by atomic mass is 9.84. The Labute approximate surface area is 300 Å². The first-order valence-corrected chi connectivity index (χ1v) is 18.1. The van der Waals surface area contributed by atoms with Crippen LogP contribution in [0.1, 0.15) is 31.4 Å². The lowest BCUT2D eigenvalue weighted by Gasteiger charge is -2.29. The second-order valence-corrected chi connectivity index (χ2v) is 13.8. The molecule has 0 saturated heterocycles. The van der Waals surface area contributed by atoms with E-state index in [1.807, 2.05) is 0 Å². The van der Waals surface area contributed by atoms with E-state index >= 15 is 0 Å². The van der Waals surface area contributed by atoms with Gasteiger partial charge in [-0.05, 0) is 94.6 Å². The molecule has 0 aliphatic heterocycles. The molecule has 0 N–H and O–H groups in total. The largest absolute Gasteiger partial charge is 0.333 e. The lowest BCUT2D eigenvalue weighted by Crippen LogP contribution is -2.17. The Morgan fingerprint density at radius 1 is 0.510 bits per heavy atom. The van der Waals surface area contributed by atoms with E-state index in [1.165, 1.54) is 55.2 Å². The van der Waals surface area contributed by atoms with Crippen LogP contribution in [0.5, 0.6) is 0 Å². The quantitative estimate of drug-likeness (QED) is 0.166. The van der Waals surface area contributed by atoms with Crippen molar-refractivity contribution in [3.05, 3.63) is 205 Å². The number of benzene rings is 6. The summed E-state index contributed by atoms with van der Waals surface area (Å²) in [5.74, 6) is 0.323. The Kier molecular flexibility index (Phi) is 8.06. The number of aromatic nitrogens is 1. The number of para-hydroxylation sites is 2. The van der Waals surface area contributed by atoms with E-state index < -0.39 is 0 Å². The minimum Gasteiger partial charge on any atom is -0.333 e. The molecule has 246 valence electrons. The number of rotatable bonds is 7. The molecule has 7 aromatic rings. The third kappa shape index (κ3) is 5.83. The number of anilines is 3. The summed E-state index contributed by atoms with van der Waals surface area (Å²) in [6.07, 6.45) is 14.1. The molecule has 1 aromatic heterocycles. The highest BCUT2D eigenvalue weighted by molar-refractivity contribution is 6.09. The van der Waals surface area contributed by atoms with Crippen LogP contribution in [0.4, 0.5) is 17.1 Å². The Balaban J connectivity index is 1.10. The van der Waals surface area contributed by atoms with Crippen molar-refractivity contribution in [1.82, 2.24) is 4.57 Å². The summed E-state index contributed by atoms with van der Waals surface area (Å²) in [7, 11) is 0. The van der Waals surface area contributed by atoms with E-state index in [9.17, 15) is 0 Å². The molecule has 6 aromatic carbocycles. The van der Waals surface area contributed by atoms with Gasteiger partial charge in [-0.3, -0.25) is 0 Å². The standard InChI is InChI=1S/C49H40N2/c1-35-33-41(40-23-21-38(22-24-40)36-13-5-2-6-14-36)27-32-47(35)51-48-20-12-11-19-45(48)46-31-30-44(34-49(46)51)50(42-17-9-4-10-18-42)43-28-25-39(26-29-43)37-15-7-3-8-16-37/h2-21,23,25-35,47H,22,24H2,1H3. The average molecular weight is 657 g/mol. The molecule has 51 heavy (non-hydrogen) atoms. The van der Waals surface area contributed by atoms with Crippen LogP contribution in [-0.4, -0.2) is 4.57 Å². The van der Waals surface area contributed by atoms with Crippen LogP contribution in [0, 0.1) is 5.92 Å². The van der Waals surface area contributed by atoms with Crippen LogP contribution >= 0.6 is 0 Å². The van der Waals surface area contributed by atoms with Crippen molar-refractivity contribution < 1.29 is 0 Å². The fourth-order valence-corrected chi connectivity index (χ4v) is 8.03. The predicted molar refractivity (Wildman–Crippen MR) is 217 cm³/mol. The summed E-state index contributed by atoms with van der Waals surface area (Å²) in [5.41, 5.74) is 13.9. The molecular weight excluding hydrogens is 617 g/mol. The van der Waals surface area contributed by atoms with E-state index in [4.69, 9.17) is 0 Å². The smallest absolute Gasteiger partial charge is 0.0586 e. The Morgan fingerprint density at radius 2 is 1.08 bits per heavy atom.